The molecule has 1 fully saturated rings. The molecule has 1 aromatic rings. The summed E-state index contributed by atoms with van der Waals surface area (Å²) in [5.41, 5.74) is 2.00. The van der Waals surface area contributed by atoms with Crippen LogP contribution < -0.4 is 10.6 Å². The van der Waals surface area contributed by atoms with Gasteiger partial charge in [0.25, 0.3) is 0 Å². The third-order valence-corrected chi connectivity index (χ3v) is 5.67. The van der Waals surface area contributed by atoms with Gasteiger partial charge >= 0.3 is 6.03 Å². The molecule has 0 aromatic carbocycles. The fraction of sp³-hybridized carbons (Fsp3) is 0.765. The van der Waals surface area contributed by atoms with Crippen molar-refractivity contribution in [3.8, 4) is 0 Å². The number of aromatic nitrogens is 1. The van der Waals surface area contributed by atoms with Crippen LogP contribution >= 0.6 is 11.8 Å². The van der Waals surface area contributed by atoms with E-state index in [2.05, 4.69) is 22.7 Å². The molecule has 23 heavy (non-hydrogen) atoms. The lowest BCUT2D eigenvalue weighted by atomic mass is 9.95. The van der Waals surface area contributed by atoms with Gasteiger partial charge in [-0.05, 0) is 52.2 Å². The highest BCUT2D eigenvalue weighted by Gasteiger charge is 2.23. The van der Waals surface area contributed by atoms with Crippen LogP contribution in [0.3, 0.4) is 0 Å². The Balaban J connectivity index is 1.77. The molecular weight excluding hydrogens is 310 g/mol. The zero-order valence-electron chi connectivity index (χ0n) is 14.6. The molecule has 1 aliphatic carbocycles. The molecule has 0 aliphatic heterocycles. The van der Waals surface area contributed by atoms with Crippen LogP contribution in [-0.2, 0) is 6.42 Å². The molecule has 1 saturated carbocycles. The summed E-state index contributed by atoms with van der Waals surface area (Å²) in [6, 6.07) is 0.298. The molecule has 130 valence electrons. The average molecular weight is 340 g/mol. The van der Waals surface area contributed by atoms with Gasteiger partial charge in [-0.2, -0.15) is 11.8 Å². The first-order chi connectivity index (χ1) is 11.0. The van der Waals surface area contributed by atoms with E-state index in [0.717, 1.165) is 42.0 Å². The third-order valence-electron chi connectivity index (χ3n) is 4.43. The lowest BCUT2D eigenvalue weighted by Gasteiger charge is -2.29. The normalized spacial score (nSPS) is 22.6. The molecule has 3 atom stereocenters. The molecule has 1 aliphatic rings. The first kappa shape index (κ1) is 18.2. The minimum absolute atomic E-state index is 0.0520. The number of carbonyl (C=O) groups is 1. The summed E-state index contributed by atoms with van der Waals surface area (Å²) >= 11 is 2.01. The van der Waals surface area contributed by atoms with E-state index in [1.807, 2.05) is 32.5 Å². The topological polar surface area (TPSA) is 67.2 Å². The summed E-state index contributed by atoms with van der Waals surface area (Å²) in [7, 11) is 0. The van der Waals surface area contributed by atoms with E-state index >= 15 is 0 Å². The smallest absolute Gasteiger partial charge is 0.315 e. The van der Waals surface area contributed by atoms with E-state index < -0.39 is 0 Å². The zero-order valence-corrected chi connectivity index (χ0v) is 15.5. The summed E-state index contributed by atoms with van der Waals surface area (Å²) in [5.74, 6) is 1.99. The van der Waals surface area contributed by atoms with Gasteiger partial charge in [0, 0.05) is 22.9 Å². The zero-order chi connectivity index (χ0) is 16.8. The molecule has 6 heteroatoms. The van der Waals surface area contributed by atoms with Crippen LogP contribution in [0.25, 0.3) is 0 Å². The van der Waals surface area contributed by atoms with Crippen LogP contribution in [0.5, 0.6) is 0 Å². The Morgan fingerprint density at radius 3 is 2.87 bits per heavy atom. The Kier molecular flexibility index (Phi) is 6.81. The van der Waals surface area contributed by atoms with Gasteiger partial charge in [-0.1, -0.05) is 18.5 Å². The quantitative estimate of drug-likeness (QED) is 0.831. The van der Waals surface area contributed by atoms with Crippen molar-refractivity contribution in [2.75, 3.05) is 5.75 Å². The Hall–Kier alpha value is -1.17. The number of carbonyl (C=O) groups excluding carboxylic acids is 1. The molecule has 0 spiro atoms. The number of urea groups is 1. The van der Waals surface area contributed by atoms with Gasteiger partial charge in [0.2, 0.25) is 0 Å². The minimum Gasteiger partial charge on any atom is -0.361 e. The van der Waals surface area contributed by atoms with Crippen molar-refractivity contribution in [2.24, 2.45) is 0 Å². The minimum atomic E-state index is -0.0589. The maximum atomic E-state index is 12.2. The molecule has 0 unspecified atom stereocenters. The molecular formula is C17H29N3O2S. The fourth-order valence-electron chi connectivity index (χ4n) is 3.26. The van der Waals surface area contributed by atoms with Gasteiger partial charge in [0.1, 0.15) is 5.76 Å². The van der Waals surface area contributed by atoms with Crippen molar-refractivity contribution < 1.29 is 9.32 Å². The summed E-state index contributed by atoms with van der Waals surface area (Å²) in [6.45, 7) is 8.06. The SMILES string of the molecule is CCS[C@@H]1CCC[C@H](NC(=O)N[C@@H](C)Cc2c(C)noc2C)C1. The number of nitrogens with zero attached hydrogens (tertiary/aromatic N) is 1. The van der Waals surface area contributed by atoms with Crippen molar-refractivity contribution in [3.63, 3.8) is 0 Å². The van der Waals surface area contributed by atoms with Crippen LogP contribution in [0, 0.1) is 13.8 Å². The van der Waals surface area contributed by atoms with Crippen LogP contribution in [0.15, 0.2) is 4.52 Å². The first-order valence-electron chi connectivity index (χ1n) is 8.60. The molecule has 1 aromatic heterocycles. The number of nitrogens with one attached hydrogen (secondary N) is 2. The maximum Gasteiger partial charge on any atom is 0.315 e. The van der Waals surface area contributed by atoms with Gasteiger partial charge in [0.15, 0.2) is 0 Å². The van der Waals surface area contributed by atoms with Crippen LogP contribution in [0.1, 0.15) is 56.5 Å². The highest BCUT2D eigenvalue weighted by molar-refractivity contribution is 7.99. The van der Waals surface area contributed by atoms with E-state index in [9.17, 15) is 4.79 Å². The second kappa shape index (κ2) is 8.62. The van der Waals surface area contributed by atoms with Gasteiger partial charge in [-0.15, -0.1) is 0 Å². The molecule has 2 N–H and O–H groups in total. The van der Waals surface area contributed by atoms with Crippen LogP contribution in [0.4, 0.5) is 4.79 Å². The maximum absolute atomic E-state index is 12.2. The highest BCUT2D eigenvalue weighted by atomic mass is 32.2. The number of rotatable bonds is 6. The lowest BCUT2D eigenvalue weighted by molar-refractivity contribution is 0.230. The highest BCUT2D eigenvalue weighted by Crippen LogP contribution is 2.28. The van der Waals surface area contributed by atoms with E-state index in [1.54, 1.807) is 0 Å². The molecule has 1 heterocycles. The van der Waals surface area contributed by atoms with E-state index in [-0.39, 0.29) is 12.1 Å². The molecule has 0 radical (unpaired) electrons. The van der Waals surface area contributed by atoms with Crippen molar-refractivity contribution >= 4 is 17.8 Å². The molecule has 2 rings (SSSR count). The average Bonchev–Trinajstić information content (AvgIpc) is 2.79. The van der Waals surface area contributed by atoms with E-state index in [4.69, 9.17) is 4.52 Å². The number of thioether (sulfide) groups is 1. The third kappa shape index (κ3) is 5.44. The predicted molar refractivity (Wildman–Crippen MR) is 95.0 cm³/mol. The fourth-order valence-corrected chi connectivity index (χ4v) is 4.44. The number of amides is 2. The Bertz CT molecular complexity index is 496. The lowest BCUT2D eigenvalue weighted by Crippen LogP contribution is -2.47. The molecule has 2 amide bonds. The van der Waals surface area contributed by atoms with Crippen LogP contribution in [-0.4, -0.2) is 34.3 Å². The van der Waals surface area contributed by atoms with E-state index in [1.165, 1.54) is 12.8 Å². The predicted octanol–water partition coefficient (Wildman–Crippen LogP) is 3.59. The second-order valence-corrected chi connectivity index (χ2v) is 8.04. The van der Waals surface area contributed by atoms with Crippen molar-refractivity contribution in [2.45, 2.75) is 77.1 Å². The monoisotopic (exact) mass is 339 g/mol. The van der Waals surface area contributed by atoms with Crippen molar-refractivity contribution in [1.29, 1.82) is 0 Å². The summed E-state index contributed by atoms with van der Waals surface area (Å²) in [4.78, 5) is 12.2. The van der Waals surface area contributed by atoms with Gasteiger partial charge < -0.3 is 15.2 Å². The molecule has 0 saturated heterocycles. The Labute approximate surface area is 143 Å². The van der Waals surface area contributed by atoms with Crippen molar-refractivity contribution in [1.82, 2.24) is 15.8 Å². The van der Waals surface area contributed by atoms with Gasteiger partial charge in [0.05, 0.1) is 5.69 Å². The summed E-state index contributed by atoms with van der Waals surface area (Å²) in [5, 5.41) is 10.8. The Morgan fingerprint density at radius 2 is 2.22 bits per heavy atom. The number of aryl methyl sites for hydroxylation is 2. The largest absolute Gasteiger partial charge is 0.361 e. The Morgan fingerprint density at radius 1 is 1.43 bits per heavy atom. The van der Waals surface area contributed by atoms with Gasteiger partial charge in [-0.3, -0.25) is 0 Å². The standard InChI is InChI=1S/C17H29N3O2S/c1-5-23-15-8-6-7-14(10-15)19-17(21)18-11(2)9-16-12(3)20-22-13(16)4/h11,14-15H,5-10H2,1-4H3,(H2,18,19,21)/t11-,14-,15+/m0/s1. The summed E-state index contributed by atoms with van der Waals surface area (Å²) in [6.07, 6.45) is 5.40. The molecule has 0 bridgehead atoms. The van der Waals surface area contributed by atoms with Crippen LogP contribution in [0.2, 0.25) is 0 Å². The van der Waals surface area contributed by atoms with E-state index in [0.29, 0.717) is 11.3 Å². The number of hydrogen-bond donors (Lipinski definition) is 2. The first-order valence-corrected chi connectivity index (χ1v) is 9.64. The number of hydrogen-bond acceptors (Lipinski definition) is 4. The van der Waals surface area contributed by atoms with Gasteiger partial charge in [-0.25, -0.2) is 4.79 Å². The molecule has 5 nitrogen and oxygen atoms in total. The summed E-state index contributed by atoms with van der Waals surface area (Å²) < 4.78 is 5.18. The second-order valence-electron chi connectivity index (χ2n) is 6.47. The van der Waals surface area contributed by atoms with Crippen molar-refractivity contribution in [3.05, 3.63) is 17.0 Å².